The zero-order valence-corrected chi connectivity index (χ0v) is 12.0. The fourth-order valence-electron chi connectivity index (χ4n) is 2.01. The molecule has 2 aromatic heterocycles. The Balaban J connectivity index is 2.04. The van der Waals surface area contributed by atoms with Crippen molar-refractivity contribution in [2.24, 2.45) is 0 Å². The van der Waals surface area contributed by atoms with E-state index in [0.29, 0.717) is 11.5 Å². The van der Waals surface area contributed by atoms with Crippen LogP contribution in [0.1, 0.15) is 0 Å². The molecule has 3 rings (SSSR count). The zero-order chi connectivity index (χ0) is 17.1. The van der Waals surface area contributed by atoms with Gasteiger partial charge in [-0.3, -0.25) is 20.2 Å². The molecule has 0 aliphatic rings. The summed E-state index contributed by atoms with van der Waals surface area (Å²) in [5.41, 5.74) is 0.340. The van der Waals surface area contributed by atoms with E-state index in [1.807, 2.05) is 0 Å². The van der Waals surface area contributed by atoms with Gasteiger partial charge in [0.25, 0.3) is 11.4 Å². The van der Waals surface area contributed by atoms with Gasteiger partial charge < -0.3 is 0 Å². The van der Waals surface area contributed by atoms with Gasteiger partial charge in [0, 0.05) is 18.2 Å². The van der Waals surface area contributed by atoms with Gasteiger partial charge in [0.15, 0.2) is 5.82 Å². The Hall–Kier alpha value is -3.89. The fourth-order valence-corrected chi connectivity index (χ4v) is 2.01. The molecular weight excluding hydrogens is 318 g/mol. The number of rotatable bonds is 5. The smallest absolute Gasteiger partial charge is 0.258 e. The Kier molecular flexibility index (Phi) is 3.81. The van der Waals surface area contributed by atoms with Crippen molar-refractivity contribution in [2.75, 3.05) is 5.01 Å². The number of aromatic nitrogens is 4. The third kappa shape index (κ3) is 2.85. The molecule has 0 fully saturated rings. The minimum Gasteiger partial charge on any atom is -0.258 e. The van der Waals surface area contributed by atoms with Crippen molar-refractivity contribution in [1.82, 2.24) is 19.9 Å². The van der Waals surface area contributed by atoms with Crippen LogP contribution in [-0.2, 0) is 0 Å². The van der Waals surface area contributed by atoms with Crippen molar-refractivity contribution in [1.29, 1.82) is 0 Å². The molecule has 11 heteroatoms. The molecule has 0 atom stereocenters. The minimum atomic E-state index is -0.550. The average Bonchev–Trinajstić information content (AvgIpc) is 3.10. The van der Waals surface area contributed by atoms with E-state index in [9.17, 15) is 20.2 Å². The molecule has 0 aliphatic carbocycles. The van der Waals surface area contributed by atoms with Gasteiger partial charge in [-0.15, -0.1) is 10.2 Å². The van der Waals surface area contributed by atoms with Crippen LogP contribution in [0.5, 0.6) is 0 Å². The van der Waals surface area contributed by atoms with Crippen molar-refractivity contribution in [3.8, 4) is 0 Å². The Morgan fingerprint density at radius 2 is 1.46 bits per heavy atom. The minimum absolute atomic E-state index is 0.0564. The SMILES string of the molecule is O=[N+]([O-])c1ccc(N(c2ccc([N+](=O)[O-])cn2)n2cnnc2)cc1. The van der Waals surface area contributed by atoms with Crippen LogP contribution in [0.3, 0.4) is 0 Å². The number of anilines is 2. The summed E-state index contributed by atoms with van der Waals surface area (Å²) in [5.74, 6) is 0.356. The molecule has 1 aromatic carbocycles. The maximum absolute atomic E-state index is 10.8. The second-order valence-corrected chi connectivity index (χ2v) is 4.56. The van der Waals surface area contributed by atoms with Gasteiger partial charge in [0.2, 0.25) is 0 Å². The lowest BCUT2D eigenvalue weighted by atomic mass is 10.2. The maximum Gasteiger partial charge on any atom is 0.287 e. The molecule has 0 aliphatic heterocycles. The van der Waals surface area contributed by atoms with E-state index in [1.54, 1.807) is 5.01 Å². The molecule has 0 saturated heterocycles. The lowest BCUT2D eigenvalue weighted by Crippen LogP contribution is -2.23. The van der Waals surface area contributed by atoms with Gasteiger partial charge in [0.05, 0.1) is 15.5 Å². The van der Waals surface area contributed by atoms with Crippen molar-refractivity contribution < 1.29 is 9.85 Å². The summed E-state index contributed by atoms with van der Waals surface area (Å²) in [7, 11) is 0. The number of nitro benzene ring substituents is 1. The molecule has 11 nitrogen and oxygen atoms in total. The largest absolute Gasteiger partial charge is 0.287 e. The van der Waals surface area contributed by atoms with Crippen LogP contribution in [-0.4, -0.2) is 29.7 Å². The molecular formula is C13H9N7O4. The fraction of sp³-hybridized carbons (Fsp3) is 0. The molecule has 3 aromatic rings. The van der Waals surface area contributed by atoms with Crippen LogP contribution in [0.25, 0.3) is 0 Å². The third-order valence-corrected chi connectivity index (χ3v) is 3.10. The predicted molar refractivity (Wildman–Crippen MR) is 81.5 cm³/mol. The molecule has 24 heavy (non-hydrogen) atoms. The van der Waals surface area contributed by atoms with Crippen molar-refractivity contribution in [3.05, 3.63) is 75.5 Å². The first-order valence-electron chi connectivity index (χ1n) is 6.56. The highest BCUT2D eigenvalue weighted by atomic mass is 16.6. The van der Waals surface area contributed by atoms with Crippen LogP contribution in [0, 0.1) is 20.2 Å². The van der Waals surface area contributed by atoms with Crippen LogP contribution < -0.4 is 5.01 Å². The van der Waals surface area contributed by atoms with Crippen LogP contribution in [0.15, 0.2) is 55.2 Å². The summed E-state index contributed by atoms with van der Waals surface area (Å²) in [5, 5.41) is 30.5. The molecule has 0 N–H and O–H groups in total. The first-order valence-corrected chi connectivity index (χ1v) is 6.56. The first kappa shape index (κ1) is 15.0. The number of nitrogens with zero attached hydrogens (tertiary/aromatic N) is 7. The highest BCUT2D eigenvalue weighted by molar-refractivity contribution is 5.61. The summed E-state index contributed by atoms with van der Waals surface area (Å²) in [6, 6.07) is 8.52. The van der Waals surface area contributed by atoms with E-state index >= 15 is 0 Å². The average molecular weight is 327 g/mol. The summed E-state index contributed by atoms with van der Waals surface area (Å²) < 4.78 is 1.50. The molecule has 0 spiro atoms. The topological polar surface area (TPSA) is 133 Å². The van der Waals surface area contributed by atoms with Gasteiger partial charge in [-0.2, -0.15) is 0 Å². The standard InChI is InChI=1S/C13H9N7O4/c21-19(22)11-3-1-10(2-4-11)18(17-8-15-16-9-17)13-6-5-12(7-14-13)20(23)24/h1-9H. The van der Waals surface area contributed by atoms with E-state index in [4.69, 9.17) is 0 Å². The monoisotopic (exact) mass is 327 g/mol. The van der Waals surface area contributed by atoms with Crippen molar-refractivity contribution in [2.45, 2.75) is 0 Å². The number of nitro groups is 2. The molecule has 0 bridgehead atoms. The maximum atomic E-state index is 10.8. The molecule has 0 amide bonds. The number of hydrogen-bond acceptors (Lipinski definition) is 8. The number of benzene rings is 1. The molecule has 2 heterocycles. The Labute approximate surface area is 134 Å². The molecule has 120 valence electrons. The zero-order valence-electron chi connectivity index (χ0n) is 12.0. The van der Waals surface area contributed by atoms with Crippen LogP contribution >= 0.6 is 0 Å². The Morgan fingerprint density at radius 1 is 0.875 bits per heavy atom. The van der Waals surface area contributed by atoms with E-state index in [1.165, 1.54) is 53.7 Å². The second-order valence-electron chi connectivity index (χ2n) is 4.56. The van der Waals surface area contributed by atoms with E-state index in [2.05, 4.69) is 15.2 Å². The normalized spacial score (nSPS) is 10.3. The summed E-state index contributed by atoms with van der Waals surface area (Å²) in [4.78, 5) is 24.5. The van der Waals surface area contributed by atoms with E-state index < -0.39 is 9.85 Å². The van der Waals surface area contributed by atoms with Gasteiger partial charge in [-0.05, 0) is 18.2 Å². The number of pyridine rings is 1. The number of hydrogen-bond donors (Lipinski definition) is 0. The molecule has 0 unspecified atom stereocenters. The molecule has 0 radical (unpaired) electrons. The van der Waals surface area contributed by atoms with Crippen molar-refractivity contribution in [3.63, 3.8) is 0 Å². The number of non-ortho nitro benzene ring substituents is 1. The summed E-state index contributed by atoms with van der Waals surface area (Å²) in [6.07, 6.45) is 3.94. The van der Waals surface area contributed by atoms with Gasteiger partial charge in [-0.25, -0.2) is 14.7 Å². The van der Waals surface area contributed by atoms with Crippen LogP contribution in [0.4, 0.5) is 22.9 Å². The summed E-state index contributed by atoms with van der Waals surface area (Å²) >= 11 is 0. The van der Waals surface area contributed by atoms with Gasteiger partial charge >= 0.3 is 0 Å². The Bertz CT molecular complexity index is 805. The second kappa shape index (κ2) is 6.08. The summed E-state index contributed by atoms with van der Waals surface area (Å²) in [6.45, 7) is 0. The third-order valence-electron chi connectivity index (χ3n) is 3.10. The first-order chi connectivity index (χ1) is 11.6. The lowest BCUT2D eigenvalue weighted by molar-refractivity contribution is -0.385. The lowest BCUT2D eigenvalue weighted by Gasteiger charge is -2.23. The van der Waals surface area contributed by atoms with E-state index in [-0.39, 0.29) is 11.4 Å². The van der Waals surface area contributed by atoms with Crippen molar-refractivity contribution >= 4 is 22.9 Å². The van der Waals surface area contributed by atoms with Crippen LogP contribution in [0.2, 0.25) is 0 Å². The van der Waals surface area contributed by atoms with E-state index in [0.717, 1.165) is 6.20 Å². The predicted octanol–water partition coefficient (Wildman–Crippen LogP) is 2.09. The Morgan fingerprint density at radius 3 is 1.96 bits per heavy atom. The molecule has 0 saturated carbocycles. The quantitative estimate of drug-likeness (QED) is 0.513. The van der Waals surface area contributed by atoms with Gasteiger partial charge in [-0.1, -0.05) is 0 Å². The highest BCUT2D eigenvalue weighted by Gasteiger charge is 2.16. The highest BCUT2D eigenvalue weighted by Crippen LogP contribution is 2.27. The van der Waals surface area contributed by atoms with Gasteiger partial charge in [0.1, 0.15) is 18.9 Å².